The summed E-state index contributed by atoms with van der Waals surface area (Å²) in [5.74, 6) is -0.373. The Bertz CT molecular complexity index is 357. The van der Waals surface area contributed by atoms with Gasteiger partial charge in [0.05, 0.1) is 5.02 Å². The smallest absolute Gasteiger partial charge is 0.142 e. The molecule has 0 aromatic heterocycles. The molecule has 0 aliphatic carbocycles. The van der Waals surface area contributed by atoms with Gasteiger partial charge < -0.3 is 5.73 Å². The minimum absolute atomic E-state index is 0.0561. The van der Waals surface area contributed by atoms with E-state index in [2.05, 4.69) is 20.8 Å². The predicted molar refractivity (Wildman–Crippen MR) is 67.2 cm³/mol. The summed E-state index contributed by atoms with van der Waals surface area (Å²) in [5.41, 5.74) is 7.12. The van der Waals surface area contributed by atoms with E-state index in [1.807, 2.05) is 6.07 Å². The number of hydrogen-bond acceptors (Lipinski definition) is 1. The van der Waals surface area contributed by atoms with Crippen LogP contribution in [0.3, 0.4) is 0 Å². The monoisotopic (exact) mass is 243 g/mol. The van der Waals surface area contributed by atoms with E-state index in [0.717, 1.165) is 12.0 Å². The molecule has 1 atom stereocenters. The van der Waals surface area contributed by atoms with Crippen molar-refractivity contribution in [2.24, 2.45) is 11.1 Å². The molecule has 0 fully saturated rings. The zero-order chi connectivity index (χ0) is 12.3. The Balaban J connectivity index is 2.63. The number of hydrogen-bond donors (Lipinski definition) is 1. The topological polar surface area (TPSA) is 26.0 Å². The van der Waals surface area contributed by atoms with E-state index in [1.165, 1.54) is 6.07 Å². The van der Waals surface area contributed by atoms with E-state index in [9.17, 15) is 4.39 Å². The van der Waals surface area contributed by atoms with Crippen LogP contribution >= 0.6 is 11.6 Å². The van der Waals surface area contributed by atoms with Gasteiger partial charge in [-0.1, -0.05) is 38.4 Å². The van der Waals surface area contributed by atoms with Crippen molar-refractivity contribution in [1.29, 1.82) is 0 Å². The molecule has 0 aliphatic heterocycles. The average Bonchev–Trinajstić information content (AvgIpc) is 2.08. The van der Waals surface area contributed by atoms with Crippen molar-refractivity contribution in [3.05, 3.63) is 34.6 Å². The highest BCUT2D eigenvalue weighted by atomic mass is 35.5. The quantitative estimate of drug-likeness (QED) is 0.859. The largest absolute Gasteiger partial charge is 0.327 e. The summed E-state index contributed by atoms with van der Waals surface area (Å²) in [4.78, 5) is 0. The zero-order valence-electron chi connectivity index (χ0n) is 10.1. The Hall–Kier alpha value is -0.600. The molecule has 0 spiro atoms. The van der Waals surface area contributed by atoms with Crippen molar-refractivity contribution in [2.45, 2.75) is 39.7 Å². The fraction of sp³-hybridized carbons (Fsp3) is 0.538. The molecule has 1 aromatic rings. The van der Waals surface area contributed by atoms with Crippen LogP contribution in [0, 0.1) is 11.2 Å². The van der Waals surface area contributed by atoms with E-state index in [0.29, 0.717) is 6.42 Å². The third kappa shape index (κ3) is 4.50. The van der Waals surface area contributed by atoms with E-state index in [-0.39, 0.29) is 22.3 Å². The number of nitrogens with two attached hydrogens (primary N) is 1. The second-order valence-corrected chi connectivity index (χ2v) is 5.88. The first-order valence-electron chi connectivity index (χ1n) is 5.47. The molecule has 1 rings (SSSR count). The normalized spacial score (nSPS) is 13.9. The molecule has 1 nitrogen and oxygen atoms in total. The SMILES string of the molecule is CC(C)(C)CC(N)Cc1ccc(Cl)c(F)c1. The van der Waals surface area contributed by atoms with Gasteiger partial charge in [0.15, 0.2) is 0 Å². The van der Waals surface area contributed by atoms with Gasteiger partial charge in [-0.05, 0) is 36.0 Å². The van der Waals surface area contributed by atoms with Crippen LogP contribution in [0.4, 0.5) is 4.39 Å². The molecule has 0 saturated carbocycles. The molecule has 16 heavy (non-hydrogen) atoms. The number of benzene rings is 1. The van der Waals surface area contributed by atoms with Gasteiger partial charge in [-0.2, -0.15) is 0 Å². The molecule has 0 aliphatic rings. The molecule has 0 radical (unpaired) electrons. The van der Waals surface area contributed by atoms with Crippen LogP contribution < -0.4 is 5.73 Å². The lowest BCUT2D eigenvalue weighted by Gasteiger charge is -2.23. The van der Waals surface area contributed by atoms with Gasteiger partial charge in [-0.25, -0.2) is 4.39 Å². The molecular formula is C13H19ClFN. The molecular weight excluding hydrogens is 225 g/mol. The highest BCUT2D eigenvalue weighted by Crippen LogP contribution is 2.22. The third-order valence-electron chi connectivity index (χ3n) is 2.36. The van der Waals surface area contributed by atoms with E-state index in [4.69, 9.17) is 17.3 Å². The lowest BCUT2D eigenvalue weighted by atomic mass is 9.86. The lowest BCUT2D eigenvalue weighted by molar-refractivity contribution is 0.338. The molecule has 0 amide bonds. The summed E-state index contributed by atoms with van der Waals surface area (Å²) < 4.78 is 13.2. The van der Waals surface area contributed by atoms with Crippen molar-refractivity contribution in [1.82, 2.24) is 0 Å². The van der Waals surface area contributed by atoms with Crippen molar-refractivity contribution in [3.8, 4) is 0 Å². The van der Waals surface area contributed by atoms with Crippen LogP contribution in [0.15, 0.2) is 18.2 Å². The fourth-order valence-electron chi connectivity index (χ4n) is 1.83. The molecule has 1 aromatic carbocycles. The molecule has 0 bridgehead atoms. The van der Waals surface area contributed by atoms with Crippen LogP contribution in [0.2, 0.25) is 5.02 Å². The van der Waals surface area contributed by atoms with Crippen molar-refractivity contribution >= 4 is 11.6 Å². The lowest BCUT2D eigenvalue weighted by Crippen LogP contribution is -2.28. The van der Waals surface area contributed by atoms with Crippen LogP contribution in [0.25, 0.3) is 0 Å². The van der Waals surface area contributed by atoms with Gasteiger partial charge in [0.1, 0.15) is 5.82 Å². The van der Waals surface area contributed by atoms with Crippen LogP contribution in [0.5, 0.6) is 0 Å². The van der Waals surface area contributed by atoms with Crippen LogP contribution in [0.1, 0.15) is 32.8 Å². The maximum Gasteiger partial charge on any atom is 0.142 e. The number of halogens is 2. The summed E-state index contributed by atoms with van der Waals surface area (Å²) in [5, 5.41) is 0.160. The Morgan fingerprint density at radius 3 is 2.50 bits per heavy atom. The third-order valence-corrected chi connectivity index (χ3v) is 2.66. The minimum Gasteiger partial charge on any atom is -0.327 e. The van der Waals surface area contributed by atoms with Crippen LogP contribution in [-0.4, -0.2) is 6.04 Å². The molecule has 0 heterocycles. The Morgan fingerprint density at radius 1 is 1.38 bits per heavy atom. The van der Waals surface area contributed by atoms with Crippen molar-refractivity contribution in [2.75, 3.05) is 0 Å². The van der Waals surface area contributed by atoms with Gasteiger partial charge in [0, 0.05) is 6.04 Å². The van der Waals surface area contributed by atoms with E-state index in [1.54, 1.807) is 6.07 Å². The van der Waals surface area contributed by atoms with E-state index >= 15 is 0 Å². The van der Waals surface area contributed by atoms with Gasteiger partial charge in [0.25, 0.3) is 0 Å². The molecule has 90 valence electrons. The first-order chi connectivity index (χ1) is 7.28. The molecule has 3 heteroatoms. The van der Waals surface area contributed by atoms with Gasteiger partial charge in [-0.3, -0.25) is 0 Å². The summed E-state index contributed by atoms with van der Waals surface area (Å²) in [6, 6.07) is 4.93. The maximum absolute atomic E-state index is 13.2. The minimum atomic E-state index is -0.373. The molecule has 0 saturated heterocycles. The molecule has 2 N–H and O–H groups in total. The fourth-order valence-corrected chi connectivity index (χ4v) is 1.95. The summed E-state index contributed by atoms with van der Waals surface area (Å²) >= 11 is 5.62. The Labute approximate surface area is 102 Å². The van der Waals surface area contributed by atoms with Crippen LogP contribution in [-0.2, 0) is 6.42 Å². The average molecular weight is 244 g/mol. The second kappa shape index (κ2) is 5.15. The van der Waals surface area contributed by atoms with Crippen molar-refractivity contribution < 1.29 is 4.39 Å². The maximum atomic E-state index is 13.2. The van der Waals surface area contributed by atoms with Crippen molar-refractivity contribution in [3.63, 3.8) is 0 Å². The summed E-state index contributed by atoms with van der Waals surface area (Å²) in [6.07, 6.45) is 1.60. The van der Waals surface area contributed by atoms with Gasteiger partial charge >= 0.3 is 0 Å². The highest BCUT2D eigenvalue weighted by Gasteiger charge is 2.16. The first-order valence-corrected chi connectivity index (χ1v) is 5.85. The predicted octanol–water partition coefficient (Wildman–Crippen LogP) is 3.79. The molecule has 1 unspecified atom stereocenters. The summed E-state index contributed by atoms with van der Waals surface area (Å²) in [6.45, 7) is 6.44. The van der Waals surface area contributed by atoms with Gasteiger partial charge in [0.2, 0.25) is 0 Å². The summed E-state index contributed by atoms with van der Waals surface area (Å²) in [7, 11) is 0. The Morgan fingerprint density at radius 2 is 2.00 bits per heavy atom. The second-order valence-electron chi connectivity index (χ2n) is 5.48. The number of rotatable bonds is 3. The van der Waals surface area contributed by atoms with Gasteiger partial charge in [-0.15, -0.1) is 0 Å². The highest BCUT2D eigenvalue weighted by molar-refractivity contribution is 6.30. The first kappa shape index (κ1) is 13.5. The zero-order valence-corrected chi connectivity index (χ0v) is 10.8. The Kier molecular flexibility index (Phi) is 4.34. The van der Waals surface area contributed by atoms with E-state index < -0.39 is 0 Å². The standard InChI is InChI=1S/C13H19ClFN/c1-13(2,3)8-10(16)6-9-4-5-11(14)12(15)7-9/h4-5,7,10H,6,8,16H2,1-3H3.